The van der Waals surface area contributed by atoms with Gasteiger partial charge in [0.15, 0.2) is 0 Å². The number of halogens is 3. The SMILES string of the molecule is C1CC1.COc1ccc(Oc2ccc(CNC(=O)O)cc2)c(C(F)(F)F)c1. The minimum absolute atomic E-state index is 0.0739. The lowest BCUT2D eigenvalue weighted by Gasteiger charge is -2.15. The van der Waals surface area contributed by atoms with Crippen molar-refractivity contribution in [2.45, 2.75) is 32.0 Å². The van der Waals surface area contributed by atoms with Gasteiger partial charge in [-0.2, -0.15) is 13.2 Å². The highest BCUT2D eigenvalue weighted by molar-refractivity contribution is 5.64. The van der Waals surface area contributed by atoms with E-state index in [1.165, 1.54) is 50.6 Å². The first-order chi connectivity index (χ1) is 12.8. The lowest BCUT2D eigenvalue weighted by atomic mass is 10.1. The maximum Gasteiger partial charge on any atom is 0.420 e. The number of benzene rings is 2. The normalized spacial score (nSPS) is 12.4. The van der Waals surface area contributed by atoms with E-state index in [0.717, 1.165) is 6.07 Å². The molecule has 0 heterocycles. The minimum Gasteiger partial charge on any atom is -0.497 e. The molecule has 27 heavy (non-hydrogen) atoms. The number of methoxy groups -OCH3 is 1. The molecule has 2 N–H and O–H groups in total. The average Bonchev–Trinajstić information content (AvgIpc) is 3.49. The van der Waals surface area contributed by atoms with Crippen molar-refractivity contribution in [3.8, 4) is 17.2 Å². The second-order valence-electron chi connectivity index (χ2n) is 5.83. The number of carboxylic acid groups (broad SMARTS) is 1. The number of hydrogen-bond donors (Lipinski definition) is 2. The average molecular weight is 383 g/mol. The first kappa shape index (κ1) is 20.4. The molecule has 1 fully saturated rings. The summed E-state index contributed by atoms with van der Waals surface area (Å²) in [6.45, 7) is 0.0892. The van der Waals surface area contributed by atoms with Crippen LogP contribution in [0.3, 0.4) is 0 Å². The molecule has 0 aromatic heterocycles. The van der Waals surface area contributed by atoms with E-state index in [2.05, 4.69) is 5.32 Å². The molecule has 0 spiro atoms. The molecular weight excluding hydrogens is 363 g/mol. The zero-order valence-electron chi connectivity index (χ0n) is 14.7. The fourth-order valence-electron chi connectivity index (χ4n) is 1.93. The Kier molecular flexibility index (Phi) is 6.92. The van der Waals surface area contributed by atoms with E-state index in [9.17, 15) is 18.0 Å². The van der Waals surface area contributed by atoms with Crippen LogP contribution in [-0.4, -0.2) is 18.3 Å². The quantitative estimate of drug-likeness (QED) is 0.721. The molecular formula is C19H20F3NO4. The summed E-state index contributed by atoms with van der Waals surface area (Å²) in [4.78, 5) is 10.4. The fraction of sp³-hybridized carbons (Fsp3) is 0.316. The van der Waals surface area contributed by atoms with E-state index in [-0.39, 0.29) is 23.8 Å². The molecule has 0 bridgehead atoms. The largest absolute Gasteiger partial charge is 0.497 e. The van der Waals surface area contributed by atoms with Gasteiger partial charge in [0, 0.05) is 6.54 Å². The minimum atomic E-state index is -4.59. The van der Waals surface area contributed by atoms with E-state index in [4.69, 9.17) is 14.6 Å². The molecule has 146 valence electrons. The lowest BCUT2D eigenvalue weighted by molar-refractivity contribution is -0.138. The van der Waals surface area contributed by atoms with E-state index in [1.807, 2.05) is 0 Å². The van der Waals surface area contributed by atoms with Gasteiger partial charge in [0.1, 0.15) is 22.8 Å². The van der Waals surface area contributed by atoms with Gasteiger partial charge in [0.2, 0.25) is 0 Å². The van der Waals surface area contributed by atoms with E-state index in [0.29, 0.717) is 5.56 Å². The number of rotatable bonds is 5. The van der Waals surface area contributed by atoms with Crippen molar-refractivity contribution in [3.05, 3.63) is 53.6 Å². The summed E-state index contributed by atoms with van der Waals surface area (Å²) in [6, 6.07) is 9.45. The zero-order valence-corrected chi connectivity index (χ0v) is 14.7. The van der Waals surface area contributed by atoms with Gasteiger partial charge in [-0.1, -0.05) is 31.4 Å². The molecule has 2 aromatic rings. The van der Waals surface area contributed by atoms with Crippen LogP contribution in [-0.2, 0) is 12.7 Å². The van der Waals surface area contributed by atoms with E-state index in [1.54, 1.807) is 12.1 Å². The Morgan fingerprint density at radius 2 is 1.67 bits per heavy atom. The lowest BCUT2D eigenvalue weighted by Crippen LogP contribution is -2.19. The Morgan fingerprint density at radius 3 is 2.15 bits per heavy atom. The summed E-state index contributed by atoms with van der Waals surface area (Å²) in [5, 5.41) is 10.7. The zero-order chi connectivity index (χ0) is 19.9. The molecule has 0 atom stereocenters. The Hall–Kier alpha value is -2.90. The van der Waals surface area contributed by atoms with Gasteiger partial charge in [-0.05, 0) is 35.9 Å². The number of alkyl halides is 3. The Bertz CT molecular complexity index is 756. The van der Waals surface area contributed by atoms with Crippen molar-refractivity contribution in [2.75, 3.05) is 7.11 Å². The number of carbonyl (C=O) groups is 1. The van der Waals surface area contributed by atoms with E-state index >= 15 is 0 Å². The molecule has 3 rings (SSSR count). The van der Waals surface area contributed by atoms with Crippen molar-refractivity contribution >= 4 is 6.09 Å². The molecule has 0 radical (unpaired) electrons. The van der Waals surface area contributed by atoms with Crippen LogP contribution >= 0.6 is 0 Å². The Morgan fingerprint density at radius 1 is 1.07 bits per heavy atom. The van der Waals surface area contributed by atoms with Crippen molar-refractivity contribution in [3.63, 3.8) is 0 Å². The summed E-state index contributed by atoms with van der Waals surface area (Å²) < 4.78 is 49.4. The maximum absolute atomic E-state index is 13.1. The van der Waals surface area contributed by atoms with Crippen molar-refractivity contribution in [1.82, 2.24) is 5.32 Å². The smallest absolute Gasteiger partial charge is 0.420 e. The molecule has 1 amide bonds. The van der Waals surface area contributed by atoms with Crippen LogP contribution < -0.4 is 14.8 Å². The van der Waals surface area contributed by atoms with E-state index < -0.39 is 17.8 Å². The van der Waals surface area contributed by atoms with Crippen LogP contribution in [0.25, 0.3) is 0 Å². The van der Waals surface area contributed by atoms with Crippen molar-refractivity contribution < 1.29 is 32.5 Å². The summed E-state index contributed by atoms with van der Waals surface area (Å²) in [5.74, 6) is -0.0748. The fourth-order valence-corrected chi connectivity index (χ4v) is 1.93. The van der Waals surface area contributed by atoms with Crippen LogP contribution in [0.15, 0.2) is 42.5 Å². The number of nitrogens with one attached hydrogen (secondary N) is 1. The molecule has 0 unspecified atom stereocenters. The number of hydrogen-bond acceptors (Lipinski definition) is 3. The van der Waals surface area contributed by atoms with Crippen LogP contribution in [0.5, 0.6) is 17.2 Å². The summed E-state index contributed by atoms with van der Waals surface area (Å²) >= 11 is 0. The molecule has 8 heteroatoms. The van der Waals surface area contributed by atoms with Crippen LogP contribution in [0.2, 0.25) is 0 Å². The third-order valence-electron chi connectivity index (χ3n) is 3.44. The first-order valence-electron chi connectivity index (χ1n) is 8.28. The molecule has 2 aromatic carbocycles. The molecule has 1 aliphatic carbocycles. The molecule has 5 nitrogen and oxygen atoms in total. The van der Waals surface area contributed by atoms with Crippen molar-refractivity contribution in [2.24, 2.45) is 0 Å². The second kappa shape index (κ2) is 9.16. The number of amides is 1. The van der Waals surface area contributed by atoms with Crippen LogP contribution in [0.1, 0.15) is 30.4 Å². The predicted molar refractivity (Wildman–Crippen MR) is 93.2 cm³/mol. The van der Waals surface area contributed by atoms with Gasteiger partial charge >= 0.3 is 12.3 Å². The van der Waals surface area contributed by atoms with Crippen LogP contribution in [0.4, 0.5) is 18.0 Å². The highest BCUT2D eigenvalue weighted by Gasteiger charge is 2.35. The third kappa shape index (κ3) is 7.08. The summed E-state index contributed by atoms with van der Waals surface area (Å²) in [5.41, 5.74) is -0.297. The third-order valence-corrected chi connectivity index (χ3v) is 3.44. The first-order valence-corrected chi connectivity index (χ1v) is 8.28. The van der Waals surface area contributed by atoms with Gasteiger partial charge in [-0.3, -0.25) is 0 Å². The van der Waals surface area contributed by atoms with Gasteiger partial charge < -0.3 is 19.9 Å². The monoisotopic (exact) mass is 383 g/mol. The van der Waals surface area contributed by atoms with Gasteiger partial charge in [0.25, 0.3) is 0 Å². The molecule has 1 saturated carbocycles. The van der Waals surface area contributed by atoms with Gasteiger partial charge in [-0.25, -0.2) is 4.79 Å². The van der Waals surface area contributed by atoms with Gasteiger partial charge in [-0.15, -0.1) is 0 Å². The second-order valence-corrected chi connectivity index (χ2v) is 5.83. The predicted octanol–water partition coefficient (Wildman–Crippen LogP) is 5.44. The van der Waals surface area contributed by atoms with Gasteiger partial charge in [0.05, 0.1) is 7.11 Å². The summed E-state index contributed by atoms with van der Waals surface area (Å²) in [7, 11) is 1.28. The Balaban J connectivity index is 0.000000789. The number of ether oxygens (including phenoxy) is 2. The highest BCUT2D eigenvalue weighted by atomic mass is 19.4. The topological polar surface area (TPSA) is 67.8 Å². The van der Waals surface area contributed by atoms with Crippen LogP contribution in [0, 0.1) is 0 Å². The Labute approximate surface area is 154 Å². The standard InChI is InChI=1S/C16H14F3NO4.C3H6/c1-23-12-6-7-14(13(8-12)16(17,18)19)24-11-4-2-10(3-5-11)9-20-15(21)22;1-2-3-1/h2-8,20H,9H2,1H3,(H,21,22);1-3H2. The highest BCUT2D eigenvalue weighted by Crippen LogP contribution is 2.40. The molecule has 0 aliphatic heterocycles. The van der Waals surface area contributed by atoms with Crippen molar-refractivity contribution in [1.29, 1.82) is 0 Å². The summed E-state index contributed by atoms with van der Waals surface area (Å²) in [6.07, 6.45) is -1.25. The molecule has 1 aliphatic rings. The molecule has 0 saturated heterocycles. The maximum atomic E-state index is 13.1.